The van der Waals surface area contributed by atoms with E-state index in [-0.39, 0.29) is 5.91 Å². The monoisotopic (exact) mass is 547 g/mol. The average molecular weight is 548 g/mol. The van der Waals surface area contributed by atoms with Gasteiger partial charge in [0.2, 0.25) is 0 Å². The zero-order chi connectivity index (χ0) is 26.6. The van der Waals surface area contributed by atoms with Gasteiger partial charge in [0.15, 0.2) is 0 Å². The highest BCUT2D eigenvalue weighted by Gasteiger charge is 2.26. The van der Waals surface area contributed by atoms with Crippen LogP contribution >= 0.6 is 11.3 Å². The molecule has 1 aromatic carbocycles. The summed E-state index contributed by atoms with van der Waals surface area (Å²) in [5.74, 6) is 0.0718. The van der Waals surface area contributed by atoms with E-state index < -0.39 is 0 Å². The van der Waals surface area contributed by atoms with E-state index in [9.17, 15) is 4.79 Å². The first-order valence-corrected chi connectivity index (χ1v) is 15.6. The minimum Gasteiger partial charge on any atom is -0.381 e. The number of carbonyl (C=O) groups excluding carboxylic acids is 1. The molecule has 3 fully saturated rings. The molecule has 0 radical (unpaired) electrons. The van der Waals surface area contributed by atoms with Crippen LogP contribution in [0.5, 0.6) is 0 Å². The number of rotatable bonds is 8. The van der Waals surface area contributed by atoms with Gasteiger partial charge in [-0.25, -0.2) is 4.98 Å². The molecular weight excluding hydrogens is 506 g/mol. The van der Waals surface area contributed by atoms with Crippen molar-refractivity contribution in [3.63, 3.8) is 0 Å². The smallest absolute Gasteiger partial charge is 0.254 e. The van der Waals surface area contributed by atoms with E-state index in [0.717, 1.165) is 41.5 Å². The van der Waals surface area contributed by atoms with Crippen LogP contribution in [0.2, 0.25) is 0 Å². The molecule has 39 heavy (non-hydrogen) atoms. The maximum absolute atomic E-state index is 12.9. The maximum atomic E-state index is 12.9. The van der Waals surface area contributed by atoms with E-state index in [1.807, 2.05) is 29.2 Å². The number of hydrogen-bond acceptors (Lipinski definition) is 7. The molecule has 1 N–H and O–H groups in total. The van der Waals surface area contributed by atoms with Gasteiger partial charge in [-0.15, -0.1) is 11.3 Å². The van der Waals surface area contributed by atoms with Crippen molar-refractivity contribution in [1.82, 2.24) is 19.7 Å². The normalized spacial score (nSPS) is 20.5. The molecule has 8 heteroatoms. The van der Waals surface area contributed by atoms with Crippen molar-refractivity contribution in [3.05, 3.63) is 47.3 Å². The molecule has 0 saturated carbocycles. The average Bonchev–Trinajstić information content (AvgIpc) is 3.70. The van der Waals surface area contributed by atoms with Crippen LogP contribution in [0.25, 0.3) is 21.5 Å². The van der Waals surface area contributed by atoms with E-state index in [0.29, 0.717) is 37.9 Å². The molecule has 1 unspecified atom stereocenters. The summed E-state index contributed by atoms with van der Waals surface area (Å²) in [4.78, 5) is 25.0. The fourth-order valence-electron chi connectivity index (χ4n) is 6.27. The number of benzene rings is 1. The Morgan fingerprint density at radius 1 is 1.05 bits per heavy atom. The van der Waals surface area contributed by atoms with Crippen LogP contribution in [-0.4, -0.2) is 96.7 Å². The number of hydrogen-bond donors (Lipinski definition) is 1. The van der Waals surface area contributed by atoms with Gasteiger partial charge in [0.05, 0.1) is 34.8 Å². The molecule has 1 atom stereocenters. The lowest BCUT2D eigenvalue weighted by Crippen LogP contribution is -2.44. The number of carbonyl (C=O) groups is 1. The highest BCUT2D eigenvalue weighted by molar-refractivity contribution is 7.17. The molecule has 1 amide bonds. The molecule has 7 nitrogen and oxygen atoms in total. The molecule has 0 spiro atoms. The highest BCUT2D eigenvalue weighted by Crippen LogP contribution is 2.33. The van der Waals surface area contributed by atoms with Crippen molar-refractivity contribution < 1.29 is 9.53 Å². The predicted octanol–water partition coefficient (Wildman–Crippen LogP) is 5.19. The number of aromatic nitrogens is 1. The lowest BCUT2D eigenvalue weighted by molar-refractivity contribution is 0.0303. The van der Waals surface area contributed by atoms with Gasteiger partial charge in [0.25, 0.3) is 5.91 Å². The zero-order valence-electron chi connectivity index (χ0n) is 23.1. The summed E-state index contributed by atoms with van der Waals surface area (Å²) >= 11 is 1.74. The molecule has 0 aliphatic carbocycles. The Morgan fingerprint density at radius 2 is 1.79 bits per heavy atom. The van der Waals surface area contributed by atoms with Crippen LogP contribution in [0.1, 0.15) is 49.4 Å². The summed E-state index contributed by atoms with van der Waals surface area (Å²) in [5.41, 5.74) is 4.85. The van der Waals surface area contributed by atoms with Crippen molar-refractivity contribution in [3.8, 4) is 11.3 Å². The summed E-state index contributed by atoms with van der Waals surface area (Å²) in [7, 11) is 0. The molecule has 3 aliphatic heterocycles. The Balaban J connectivity index is 1.08. The Morgan fingerprint density at radius 3 is 2.54 bits per heavy atom. The minimum absolute atomic E-state index is 0.0718. The SMILES string of the molecule is CC(CCN1CCC(N2CCCC2)CC1)Nc1cc(-c2ccc(C(=O)N3CCOCC3)cc2)nc2ccsc12. The summed E-state index contributed by atoms with van der Waals surface area (Å²) < 4.78 is 6.59. The number of piperidine rings is 1. The van der Waals surface area contributed by atoms with Gasteiger partial charge >= 0.3 is 0 Å². The number of morpholine rings is 1. The number of thiophene rings is 1. The van der Waals surface area contributed by atoms with Crippen LogP contribution < -0.4 is 5.32 Å². The number of amides is 1. The van der Waals surface area contributed by atoms with Gasteiger partial charge in [0.1, 0.15) is 0 Å². The molecule has 208 valence electrons. The van der Waals surface area contributed by atoms with Crippen LogP contribution in [0, 0.1) is 0 Å². The second-order valence-corrected chi connectivity index (χ2v) is 12.2. The third-order valence-electron chi connectivity index (χ3n) is 8.63. The standard InChI is InChI=1S/C31H41N5O2S/c1-23(8-14-34-15-9-26(10-16-34)35-12-2-3-13-35)32-29-22-28(33-27-11-21-39-30(27)29)24-4-6-25(7-5-24)31(37)36-17-19-38-20-18-36/h4-7,11,21-23,26H,2-3,8-10,12-20H2,1H3,(H,32,33). The first-order valence-electron chi connectivity index (χ1n) is 14.7. The quantitative estimate of drug-likeness (QED) is 0.419. The number of ether oxygens (including phenoxy) is 1. The number of nitrogens with one attached hydrogen (secondary N) is 1. The number of nitrogens with zero attached hydrogens (tertiary/aromatic N) is 4. The number of pyridine rings is 1. The molecule has 3 aliphatic rings. The lowest BCUT2D eigenvalue weighted by atomic mass is 10.0. The van der Waals surface area contributed by atoms with Gasteiger partial charge in [0, 0.05) is 42.8 Å². The fraction of sp³-hybridized carbons (Fsp3) is 0.548. The van der Waals surface area contributed by atoms with Crippen molar-refractivity contribution >= 4 is 33.1 Å². The zero-order valence-corrected chi connectivity index (χ0v) is 23.9. The Hall–Kier alpha value is -2.52. The van der Waals surface area contributed by atoms with Crippen molar-refractivity contribution in [1.29, 1.82) is 0 Å². The van der Waals surface area contributed by atoms with E-state index in [1.165, 1.54) is 56.6 Å². The van der Waals surface area contributed by atoms with Gasteiger partial charge in [-0.1, -0.05) is 12.1 Å². The predicted molar refractivity (Wildman–Crippen MR) is 160 cm³/mol. The van der Waals surface area contributed by atoms with E-state index in [1.54, 1.807) is 11.3 Å². The summed E-state index contributed by atoms with van der Waals surface area (Å²) in [5, 5.41) is 5.93. The lowest BCUT2D eigenvalue weighted by Gasteiger charge is -2.37. The van der Waals surface area contributed by atoms with E-state index >= 15 is 0 Å². The third-order valence-corrected chi connectivity index (χ3v) is 9.57. The summed E-state index contributed by atoms with van der Waals surface area (Å²) in [6.07, 6.45) is 6.54. The third kappa shape index (κ3) is 6.30. The molecule has 3 aromatic rings. The van der Waals surface area contributed by atoms with Crippen molar-refractivity contribution in [2.24, 2.45) is 0 Å². The topological polar surface area (TPSA) is 60.9 Å². The first kappa shape index (κ1) is 26.7. The van der Waals surface area contributed by atoms with Crippen LogP contribution in [0.15, 0.2) is 41.8 Å². The largest absolute Gasteiger partial charge is 0.381 e. The number of likely N-dealkylation sites (tertiary alicyclic amines) is 2. The van der Waals surface area contributed by atoms with Gasteiger partial charge < -0.3 is 24.8 Å². The molecular formula is C31H41N5O2S. The second-order valence-electron chi connectivity index (χ2n) is 11.3. The maximum Gasteiger partial charge on any atom is 0.254 e. The van der Waals surface area contributed by atoms with Crippen LogP contribution in [0.3, 0.4) is 0 Å². The summed E-state index contributed by atoms with van der Waals surface area (Å²) in [6, 6.07) is 13.4. The van der Waals surface area contributed by atoms with Gasteiger partial charge in [-0.3, -0.25) is 4.79 Å². The van der Waals surface area contributed by atoms with Crippen LogP contribution in [0.4, 0.5) is 5.69 Å². The Kier molecular flexibility index (Phi) is 8.44. The molecule has 5 heterocycles. The van der Waals surface area contributed by atoms with Crippen molar-refractivity contribution in [2.75, 3.05) is 64.3 Å². The van der Waals surface area contributed by atoms with E-state index in [2.05, 4.69) is 39.6 Å². The Labute approximate surface area is 236 Å². The minimum atomic E-state index is 0.0718. The number of fused-ring (bicyclic) bond motifs is 1. The van der Waals surface area contributed by atoms with Gasteiger partial charge in [-0.05, 0) is 94.9 Å². The first-order chi connectivity index (χ1) is 19.1. The molecule has 0 bridgehead atoms. The molecule has 2 aromatic heterocycles. The Bertz CT molecular complexity index is 1240. The fourth-order valence-corrected chi connectivity index (χ4v) is 7.09. The van der Waals surface area contributed by atoms with Crippen molar-refractivity contribution in [2.45, 2.75) is 51.1 Å². The van der Waals surface area contributed by atoms with Crippen LogP contribution in [-0.2, 0) is 4.74 Å². The number of anilines is 1. The summed E-state index contributed by atoms with van der Waals surface area (Å²) in [6.45, 7) is 11.1. The second kappa shape index (κ2) is 12.3. The molecule has 6 rings (SSSR count). The molecule has 3 saturated heterocycles. The highest BCUT2D eigenvalue weighted by atomic mass is 32.1. The van der Waals surface area contributed by atoms with E-state index in [4.69, 9.17) is 9.72 Å². The van der Waals surface area contributed by atoms with Gasteiger partial charge in [-0.2, -0.15) is 0 Å².